The van der Waals surface area contributed by atoms with Crippen LogP contribution in [0.15, 0.2) is 60.0 Å². The lowest BCUT2D eigenvalue weighted by atomic mass is 10.2. The van der Waals surface area contributed by atoms with Gasteiger partial charge in [-0.3, -0.25) is 4.31 Å². The summed E-state index contributed by atoms with van der Waals surface area (Å²) in [6.07, 6.45) is 1.45. The maximum absolute atomic E-state index is 13.3. The minimum atomic E-state index is -4.10. The van der Waals surface area contributed by atoms with Crippen LogP contribution in [-0.4, -0.2) is 35.2 Å². The number of nitrogens with zero attached hydrogens (tertiary/aromatic N) is 1. The van der Waals surface area contributed by atoms with Crippen LogP contribution in [0.25, 0.3) is 0 Å². The normalized spacial score (nSPS) is 10.9. The summed E-state index contributed by atoms with van der Waals surface area (Å²) in [7, 11) is -1.44. The molecule has 0 amide bonds. The monoisotopic (exact) mass is 395 g/mol. The Labute approximate surface area is 157 Å². The molecule has 26 heavy (non-hydrogen) atoms. The highest BCUT2D eigenvalue weighted by Gasteiger charge is 2.29. The van der Waals surface area contributed by atoms with Crippen molar-refractivity contribution in [2.24, 2.45) is 0 Å². The van der Waals surface area contributed by atoms with E-state index in [0.29, 0.717) is 11.4 Å². The van der Waals surface area contributed by atoms with Crippen LogP contribution in [0.5, 0.6) is 5.75 Å². The summed E-state index contributed by atoms with van der Waals surface area (Å²) in [6, 6.07) is 10.6. The van der Waals surface area contributed by atoms with Crippen molar-refractivity contribution in [2.75, 3.05) is 25.1 Å². The fourth-order valence-corrected chi connectivity index (χ4v) is 4.29. The average molecular weight is 396 g/mol. The zero-order chi connectivity index (χ0) is 19.3. The predicted molar refractivity (Wildman–Crippen MR) is 101 cm³/mol. The van der Waals surface area contributed by atoms with Crippen LogP contribution in [0.2, 0.25) is 5.02 Å². The van der Waals surface area contributed by atoms with Gasteiger partial charge in [0, 0.05) is 0 Å². The minimum Gasteiger partial charge on any atom is -0.495 e. The van der Waals surface area contributed by atoms with E-state index in [9.17, 15) is 13.2 Å². The van der Waals surface area contributed by atoms with Crippen molar-refractivity contribution in [1.82, 2.24) is 0 Å². The molecule has 0 aromatic heterocycles. The molecule has 0 atom stereocenters. The molecule has 6 nitrogen and oxygen atoms in total. The second kappa shape index (κ2) is 8.25. The first-order valence-electron chi connectivity index (χ1n) is 7.51. The van der Waals surface area contributed by atoms with Gasteiger partial charge < -0.3 is 9.47 Å². The number of para-hydroxylation sites is 2. The molecule has 0 heterocycles. The lowest BCUT2D eigenvalue weighted by Gasteiger charge is -2.25. The van der Waals surface area contributed by atoms with Crippen LogP contribution >= 0.6 is 11.6 Å². The van der Waals surface area contributed by atoms with E-state index >= 15 is 0 Å². The largest absolute Gasteiger partial charge is 0.495 e. The quantitative estimate of drug-likeness (QED) is 0.529. The first-order valence-corrected chi connectivity index (χ1v) is 9.33. The number of halogens is 1. The van der Waals surface area contributed by atoms with Crippen LogP contribution in [0.1, 0.15) is 10.4 Å². The molecule has 0 bridgehead atoms. The van der Waals surface area contributed by atoms with Gasteiger partial charge in [-0.1, -0.05) is 29.8 Å². The molecule has 8 heteroatoms. The van der Waals surface area contributed by atoms with Crippen molar-refractivity contribution < 1.29 is 22.7 Å². The maximum atomic E-state index is 13.3. The number of hydrogen-bond acceptors (Lipinski definition) is 5. The van der Waals surface area contributed by atoms with E-state index in [1.54, 1.807) is 24.3 Å². The third-order valence-corrected chi connectivity index (χ3v) is 5.83. The molecule has 0 unspecified atom stereocenters. The highest BCUT2D eigenvalue weighted by Crippen LogP contribution is 2.34. The second-order valence-corrected chi connectivity index (χ2v) is 7.37. The summed E-state index contributed by atoms with van der Waals surface area (Å²) in [5.41, 5.74) is 0.406. The van der Waals surface area contributed by atoms with Crippen LogP contribution in [0.4, 0.5) is 5.69 Å². The van der Waals surface area contributed by atoms with E-state index < -0.39 is 16.0 Å². The topological polar surface area (TPSA) is 72.9 Å². The first kappa shape index (κ1) is 19.8. The molecule has 0 fully saturated rings. The molecule has 138 valence electrons. The van der Waals surface area contributed by atoms with E-state index in [0.717, 1.165) is 4.31 Å². The molecule has 0 aliphatic heterocycles. The fourth-order valence-electron chi connectivity index (χ4n) is 2.34. The summed E-state index contributed by atoms with van der Waals surface area (Å²) in [6.45, 7) is 3.60. The zero-order valence-electron chi connectivity index (χ0n) is 14.3. The van der Waals surface area contributed by atoms with Crippen LogP contribution in [-0.2, 0) is 14.8 Å². The number of hydrogen-bond donors (Lipinski definition) is 0. The Hall–Kier alpha value is -2.51. The Balaban J connectivity index is 2.65. The summed E-state index contributed by atoms with van der Waals surface area (Å²) < 4.78 is 37.5. The van der Waals surface area contributed by atoms with Gasteiger partial charge >= 0.3 is 5.97 Å². The Kier molecular flexibility index (Phi) is 6.28. The van der Waals surface area contributed by atoms with Crippen LogP contribution < -0.4 is 9.04 Å². The third-order valence-electron chi connectivity index (χ3n) is 3.57. The summed E-state index contributed by atoms with van der Waals surface area (Å²) >= 11 is 6.12. The molecule has 0 saturated carbocycles. The lowest BCUT2D eigenvalue weighted by molar-refractivity contribution is 0.0600. The summed E-state index contributed by atoms with van der Waals surface area (Å²) in [5.74, 6) is -0.288. The summed E-state index contributed by atoms with van der Waals surface area (Å²) in [5, 5.41) is -0.0124. The van der Waals surface area contributed by atoms with Crippen LogP contribution in [0.3, 0.4) is 0 Å². The van der Waals surface area contributed by atoms with Gasteiger partial charge in [0.25, 0.3) is 10.0 Å². The standard InChI is InChI=1S/C18H18ClNO5S/c1-4-11-20(15-7-5-6-8-16(15)24-2)26(22,23)17-12-13(18(21)25-3)9-10-14(17)19/h4-10,12H,1,11H2,2-3H3. The number of sulfonamides is 1. The number of benzene rings is 2. The fraction of sp³-hybridized carbons (Fsp3) is 0.167. The molecule has 2 aromatic rings. The molecule has 0 spiro atoms. The van der Waals surface area contributed by atoms with Gasteiger partial charge in [-0.25, -0.2) is 13.2 Å². The van der Waals surface area contributed by atoms with E-state index in [2.05, 4.69) is 11.3 Å². The number of methoxy groups -OCH3 is 2. The van der Waals surface area contributed by atoms with Crippen molar-refractivity contribution in [3.63, 3.8) is 0 Å². The van der Waals surface area contributed by atoms with Gasteiger partial charge in [0.2, 0.25) is 0 Å². The SMILES string of the molecule is C=CCN(c1ccccc1OC)S(=O)(=O)c1cc(C(=O)OC)ccc1Cl. The van der Waals surface area contributed by atoms with Crippen molar-refractivity contribution in [3.8, 4) is 5.75 Å². The minimum absolute atomic E-state index is 0.0124. The zero-order valence-corrected chi connectivity index (χ0v) is 15.9. The molecular weight excluding hydrogens is 378 g/mol. The Morgan fingerprint density at radius 3 is 2.54 bits per heavy atom. The van der Waals surface area contributed by atoms with E-state index in [4.69, 9.17) is 16.3 Å². The molecule has 0 aliphatic rings. The van der Waals surface area contributed by atoms with Crippen molar-refractivity contribution >= 4 is 33.3 Å². The van der Waals surface area contributed by atoms with E-state index in [1.165, 1.54) is 38.5 Å². The predicted octanol–water partition coefficient (Wildman–Crippen LogP) is 3.52. The smallest absolute Gasteiger partial charge is 0.337 e. The number of ether oxygens (including phenoxy) is 2. The first-order chi connectivity index (χ1) is 12.4. The number of rotatable bonds is 7. The van der Waals surface area contributed by atoms with Gasteiger partial charge in [-0.15, -0.1) is 6.58 Å². The Morgan fingerprint density at radius 2 is 1.92 bits per heavy atom. The highest BCUT2D eigenvalue weighted by molar-refractivity contribution is 7.93. The van der Waals surface area contributed by atoms with Gasteiger partial charge in [0.05, 0.1) is 37.0 Å². The number of anilines is 1. The van der Waals surface area contributed by atoms with Gasteiger partial charge in [-0.2, -0.15) is 0 Å². The third kappa shape index (κ3) is 3.84. The summed E-state index contributed by atoms with van der Waals surface area (Å²) in [4.78, 5) is 11.5. The van der Waals surface area contributed by atoms with Crippen LogP contribution in [0, 0.1) is 0 Å². The number of carbonyl (C=O) groups is 1. The molecule has 2 aromatic carbocycles. The average Bonchev–Trinajstić information content (AvgIpc) is 2.65. The molecule has 0 saturated heterocycles. The van der Waals surface area contributed by atoms with Crippen molar-refractivity contribution in [3.05, 3.63) is 65.7 Å². The Morgan fingerprint density at radius 1 is 1.23 bits per heavy atom. The number of esters is 1. The molecule has 0 N–H and O–H groups in total. The van der Waals surface area contributed by atoms with Gasteiger partial charge in [0.1, 0.15) is 10.6 Å². The molecule has 0 radical (unpaired) electrons. The lowest BCUT2D eigenvalue weighted by Crippen LogP contribution is -2.32. The van der Waals surface area contributed by atoms with Gasteiger partial charge in [-0.05, 0) is 30.3 Å². The molecule has 0 aliphatic carbocycles. The number of carbonyl (C=O) groups excluding carboxylic acids is 1. The van der Waals surface area contributed by atoms with Crippen molar-refractivity contribution in [2.45, 2.75) is 4.90 Å². The van der Waals surface area contributed by atoms with E-state index in [-0.39, 0.29) is 22.0 Å². The Bertz CT molecular complexity index is 927. The van der Waals surface area contributed by atoms with E-state index in [1.807, 2.05) is 0 Å². The second-order valence-electron chi connectivity index (χ2n) is 5.13. The van der Waals surface area contributed by atoms with Crippen molar-refractivity contribution in [1.29, 1.82) is 0 Å². The molecular formula is C18H18ClNO5S. The highest BCUT2D eigenvalue weighted by atomic mass is 35.5. The maximum Gasteiger partial charge on any atom is 0.337 e. The molecule has 2 rings (SSSR count). The van der Waals surface area contributed by atoms with Gasteiger partial charge in [0.15, 0.2) is 0 Å².